The molecule has 8 heteroatoms. The Morgan fingerprint density at radius 3 is 2.30 bits per heavy atom. The van der Waals surface area contributed by atoms with Gasteiger partial charge in [-0.1, -0.05) is 0 Å². The highest BCUT2D eigenvalue weighted by molar-refractivity contribution is 7.84. The van der Waals surface area contributed by atoms with E-state index < -0.39 is 45.2 Å². The van der Waals surface area contributed by atoms with Crippen molar-refractivity contribution in [1.29, 1.82) is 0 Å². The van der Waals surface area contributed by atoms with Crippen LogP contribution < -0.4 is 4.72 Å². The zero-order valence-electron chi connectivity index (χ0n) is 13.4. The highest BCUT2D eigenvalue weighted by Crippen LogP contribution is 2.18. The summed E-state index contributed by atoms with van der Waals surface area (Å²) in [6, 6.07) is 0.430. The lowest BCUT2D eigenvalue weighted by atomic mass is 10.0. The Labute approximate surface area is 136 Å². The van der Waals surface area contributed by atoms with Gasteiger partial charge < -0.3 is 4.74 Å². The van der Waals surface area contributed by atoms with Gasteiger partial charge in [0.15, 0.2) is 11.6 Å². The predicted octanol–water partition coefficient (Wildman–Crippen LogP) is 2.63. The molecule has 0 bridgehead atoms. The van der Waals surface area contributed by atoms with Gasteiger partial charge in [-0.3, -0.25) is 4.79 Å². The van der Waals surface area contributed by atoms with Crippen LogP contribution in [0.5, 0.6) is 0 Å². The molecule has 0 aliphatic heterocycles. The monoisotopic (exact) mass is 351 g/mol. The number of halogens is 3. The smallest absolute Gasteiger partial charge is 0.307 e. The van der Waals surface area contributed by atoms with Gasteiger partial charge >= 0.3 is 5.97 Å². The Morgan fingerprint density at radius 1 is 1.22 bits per heavy atom. The minimum absolute atomic E-state index is 0.115. The standard InChI is InChI=1S/C15H20F3NO3S/c1-15(2,3)23(21)19-10(7-14(20)22-4)5-9-6-12(17)13(18)8-11(9)16/h6,8,10,19H,5,7H2,1-4H3. The van der Waals surface area contributed by atoms with E-state index in [1.54, 1.807) is 20.8 Å². The van der Waals surface area contributed by atoms with Crippen molar-refractivity contribution in [3.05, 3.63) is 35.1 Å². The first-order chi connectivity index (χ1) is 10.5. The molecule has 0 fully saturated rings. The number of rotatable bonds is 6. The van der Waals surface area contributed by atoms with Crippen molar-refractivity contribution in [3.8, 4) is 0 Å². The molecule has 1 aromatic carbocycles. The second kappa shape index (κ2) is 7.92. The highest BCUT2D eigenvalue weighted by atomic mass is 32.2. The summed E-state index contributed by atoms with van der Waals surface area (Å²) in [6.07, 6.45) is -0.323. The van der Waals surface area contributed by atoms with Crippen LogP contribution in [0.2, 0.25) is 0 Å². The van der Waals surface area contributed by atoms with Crippen LogP contribution >= 0.6 is 0 Å². The minimum atomic E-state index is -1.52. The van der Waals surface area contributed by atoms with E-state index in [1.165, 1.54) is 7.11 Å². The molecular formula is C15H20F3NO3S. The van der Waals surface area contributed by atoms with E-state index in [0.717, 1.165) is 6.07 Å². The van der Waals surface area contributed by atoms with E-state index in [-0.39, 0.29) is 18.4 Å². The van der Waals surface area contributed by atoms with Crippen LogP contribution in [0.3, 0.4) is 0 Å². The number of hydrogen-bond acceptors (Lipinski definition) is 3. The number of hydrogen-bond donors (Lipinski definition) is 1. The molecule has 0 aliphatic carbocycles. The van der Waals surface area contributed by atoms with Gasteiger partial charge in [0.2, 0.25) is 0 Å². The second-order valence-corrected chi connectivity index (χ2v) is 8.04. The topological polar surface area (TPSA) is 55.4 Å². The zero-order chi connectivity index (χ0) is 17.8. The summed E-state index contributed by atoms with van der Waals surface area (Å²) < 4.78 is 58.8. The molecule has 0 saturated carbocycles. The Kier molecular flexibility index (Phi) is 6.76. The van der Waals surface area contributed by atoms with Crippen LogP contribution in [-0.2, 0) is 26.9 Å². The van der Waals surface area contributed by atoms with Gasteiger partial charge in [-0.05, 0) is 38.8 Å². The summed E-state index contributed by atoms with van der Waals surface area (Å²) in [5.74, 6) is -3.99. The average Bonchev–Trinajstić information content (AvgIpc) is 2.43. The third-order valence-electron chi connectivity index (χ3n) is 3.03. The van der Waals surface area contributed by atoms with E-state index in [0.29, 0.717) is 6.07 Å². The summed E-state index contributed by atoms with van der Waals surface area (Å²) >= 11 is 0. The zero-order valence-corrected chi connectivity index (χ0v) is 14.2. The van der Waals surface area contributed by atoms with Gasteiger partial charge in [-0.2, -0.15) is 0 Å². The number of methoxy groups -OCH3 is 1. The fourth-order valence-electron chi connectivity index (χ4n) is 1.75. The van der Waals surface area contributed by atoms with Crippen LogP contribution in [-0.4, -0.2) is 28.1 Å². The largest absolute Gasteiger partial charge is 0.469 e. The minimum Gasteiger partial charge on any atom is -0.469 e. The number of esters is 1. The Morgan fingerprint density at radius 2 is 1.78 bits per heavy atom. The van der Waals surface area contributed by atoms with Gasteiger partial charge in [0.05, 0.1) is 29.3 Å². The molecule has 0 spiro atoms. The molecule has 0 aliphatic rings. The summed E-state index contributed by atoms with van der Waals surface area (Å²) in [4.78, 5) is 11.5. The number of nitrogens with one attached hydrogen (secondary N) is 1. The average molecular weight is 351 g/mol. The third kappa shape index (κ3) is 5.95. The molecular weight excluding hydrogens is 331 g/mol. The van der Waals surface area contributed by atoms with Crippen LogP contribution in [0, 0.1) is 17.5 Å². The van der Waals surface area contributed by atoms with Crippen LogP contribution in [0.1, 0.15) is 32.8 Å². The van der Waals surface area contributed by atoms with E-state index in [4.69, 9.17) is 0 Å². The summed E-state index contributed by atoms with van der Waals surface area (Å²) in [5.41, 5.74) is -0.115. The van der Waals surface area contributed by atoms with Gasteiger partial charge in [-0.25, -0.2) is 22.1 Å². The van der Waals surface area contributed by atoms with E-state index in [1.807, 2.05) is 0 Å². The van der Waals surface area contributed by atoms with Crippen molar-refractivity contribution in [3.63, 3.8) is 0 Å². The fourth-order valence-corrected chi connectivity index (χ4v) is 2.58. The first kappa shape index (κ1) is 19.6. The summed E-state index contributed by atoms with van der Waals surface area (Å²) in [5, 5.41) is 0. The second-order valence-electron chi connectivity index (χ2n) is 6.04. The third-order valence-corrected chi connectivity index (χ3v) is 4.69. The van der Waals surface area contributed by atoms with Crippen molar-refractivity contribution < 1.29 is 26.9 Å². The molecule has 23 heavy (non-hydrogen) atoms. The van der Waals surface area contributed by atoms with Crippen molar-refractivity contribution in [2.75, 3.05) is 7.11 Å². The maximum absolute atomic E-state index is 13.8. The SMILES string of the molecule is COC(=O)CC(Cc1cc(F)c(F)cc1F)NS(=O)C(C)(C)C. The molecule has 1 rings (SSSR count). The Bertz CT molecular complexity index is 602. The molecule has 1 aromatic rings. The normalized spacial score (nSPS) is 14.4. The molecule has 2 atom stereocenters. The number of ether oxygens (including phenoxy) is 1. The summed E-state index contributed by atoms with van der Waals surface area (Å²) in [7, 11) is -0.331. The molecule has 130 valence electrons. The van der Waals surface area contributed by atoms with Crippen LogP contribution in [0.4, 0.5) is 13.2 Å². The Hall–Kier alpha value is -1.41. The maximum Gasteiger partial charge on any atom is 0.307 e. The van der Waals surface area contributed by atoms with Crippen molar-refractivity contribution in [1.82, 2.24) is 4.72 Å². The molecule has 4 nitrogen and oxygen atoms in total. The van der Waals surface area contributed by atoms with Crippen molar-refractivity contribution in [2.45, 2.75) is 44.4 Å². The first-order valence-electron chi connectivity index (χ1n) is 6.93. The lowest BCUT2D eigenvalue weighted by molar-refractivity contribution is -0.141. The van der Waals surface area contributed by atoms with Crippen molar-refractivity contribution in [2.24, 2.45) is 0 Å². The molecule has 0 aromatic heterocycles. The molecule has 0 saturated heterocycles. The van der Waals surface area contributed by atoms with Crippen LogP contribution in [0.15, 0.2) is 12.1 Å². The van der Waals surface area contributed by atoms with Crippen LogP contribution in [0.25, 0.3) is 0 Å². The van der Waals surface area contributed by atoms with E-state index in [9.17, 15) is 22.2 Å². The molecule has 0 heterocycles. The quantitative estimate of drug-likeness (QED) is 0.633. The molecule has 2 unspecified atom stereocenters. The van der Waals surface area contributed by atoms with Gasteiger partial charge in [0.25, 0.3) is 0 Å². The van der Waals surface area contributed by atoms with Gasteiger partial charge in [0.1, 0.15) is 5.82 Å². The Balaban J connectivity index is 2.99. The number of carbonyl (C=O) groups is 1. The van der Waals surface area contributed by atoms with E-state index >= 15 is 0 Å². The lowest BCUT2D eigenvalue weighted by Gasteiger charge is -2.24. The van der Waals surface area contributed by atoms with Crippen molar-refractivity contribution >= 4 is 17.0 Å². The van der Waals surface area contributed by atoms with Gasteiger partial charge in [-0.15, -0.1) is 0 Å². The highest BCUT2D eigenvalue weighted by Gasteiger charge is 2.25. The first-order valence-corrected chi connectivity index (χ1v) is 8.08. The molecule has 0 radical (unpaired) electrons. The maximum atomic E-state index is 13.8. The summed E-state index contributed by atoms with van der Waals surface area (Å²) in [6.45, 7) is 5.18. The fraction of sp³-hybridized carbons (Fsp3) is 0.533. The predicted molar refractivity (Wildman–Crippen MR) is 81.5 cm³/mol. The molecule has 1 N–H and O–H groups in total. The van der Waals surface area contributed by atoms with E-state index in [2.05, 4.69) is 9.46 Å². The number of benzene rings is 1. The molecule has 0 amide bonds. The lowest BCUT2D eigenvalue weighted by Crippen LogP contribution is -2.42. The van der Waals surface area contributed by atoms with Gasteiger partial charge in [0, 0.05) is 12.1 Å². The number of carbonyl (C=O) groups excluding carboxylic acids is 1.